The predicted molar refractivity (Wildman–Crippen MR) is 113 cm³/mol. The van der Waals surface area contributed by atoms with Crippen molar-refractivity contribution in [3.8, 4) is 10.6 Å². The highest BCUT2D eigenvalue weighted by atomic mass is 32.1. The summed E-state index contributed by atoms with van der Waals surface area (Å²) in [5, 5.41) is 7.02. The van der Waals surface area contributed by atoms with Gasteiger partial charge in [0.15, 0.2) is 0 Å². The van der Waals surface area contributed by atoms with Gasteiger partial charge in [0.25, 0.3) is 0 Å². The number of thiazole rings is 1. The van der Waals surface area contributed by atoms with E-state index in [2.05, 4.69) is 21.7 Å². The minimum atomic E-state index is -0.0803. The van der Waals surface area contributed by atoms with Gasteiger partial charge in [-0.15, -0.1) is 11.3 Å². The van der Waals surface area contributed by atoms with Crippen LogP contribution in [0, 0.1) is 6.92 Å². The maximum Gasteiger partial charge on any atom is 0.243 e. The summed E-state index contributed by atoms with van der Waals surface area (Å²) in [5.74, 6) is -0.0803. The first-order valence-electron chi connectivity index (χ1n) is 8.74. The second-order valence-corrected chi connectivity index (χ2v) is 7.36. The second kappa shape index (κ2) is 7.60. The van der Waals surface area contributed by atoms with E-state index in [0.29, 0.717) is 0 Å². The third kappa shape index (κ3) is 4.15. The standard InChI is InChI=1S/C22H19N3OS/c1-15-6-10-17(11-7-15)23-14-21(26)24-18-12-8-16(9-13-18)22-25-19-4-2-3-5-20(19)27-22/h2-13,23H,14H2,1H3,(H,24,26). The van der Waals surface area contributed by atoms with Crippen molar-refractivity contribution < 1.29 is 4.79 Å². The number of nitrogens with one attached hydrogen (secondary N) is 2. The Hall–Kier alpha value is -3.18. The van der Waals surface area contributed by atoms with Crippen LogP contribution in [0.4, 0.5) is 11.4 Å². The molecular formula is C22H19N3OS. The van der Waals surface area contributed by atoms with Crippen molar-refractivity contribution in [3.63, 3.8) is 0 Å². The highest BCUT2D eigenvalue weighted by molar-refractivity contribution is 7.21. The number of carbonyl (C=O) groups excluding carboxylic acids is 1. The van der Waals surface area contributed by atoms with E-state index < -0.39 is 0 Å². The average Bonchev–Trinajstić information content (AvgIpc) is 3.12. The summed E-state index contributed by atoms with van der Waals surface area (Å²) in [7, 11) is 0. The predicted octanol–water partition coefficient (Wildman–Crippen LogP) is 5.32. The molecule has 0 aliphatic rings. The molecule has 4 rings (SSSR count). The lowest BCUT2D eigenvalue weighted by atomic mass is 10.2. The highest BCUT2D eigenvalue weighted by Gasteiger charge is 2.07. The average molecular weight is 373 g/mol. The molecule has 1 aromatic heterocycles. The molecule has 4 aromatic rings. The van der Waals surface area contributed by atoms with Crippen LogP contribution in [0.3, 0.4) is 0 Å². The summed E-state index contributed by atoms with van der Waals surface area (Å²) >= 11 is 1.67. The molecule has 0 aliphatic heterocycles. The molecule has 2 N–H and O–H groups in total. The molecule has 5 heteroatoms. The van der Waals surface area contributed by atoms with Gasteiger partial charge < -0.3 is 10.6 Å². The highest BCUT2D eigenvalue weighted by Crippen LogP contribution is 2.30. The van der Waals surface area contributed by atoms with Crippen LogP contribution >= 0.6 is 11.3 Å². The first-order chi connectivity index (χ1) is 13.2. The van der Waals surface area contributed by atoms with Crippen molar-refractivity contribution in [1.82, 2.24) is 4.98 Å². The Morgan fingerprint density at radius 2 is 1.63 bits per heavy atom. The summed E-state index contributed by atoms with van der Waals surface area (Å²) in [6, 6.07) is 23.9. The Bertz CT molecular complexity index is 1040. The number of anilines is 2. The molecule has 0 saturated heterocycles. The monoisotopic (exact) mass is 373 g/mol. The van der Waals surface area contributed by atoms with Crippen molar-refractivity contribution in [2.24, 2.45) is 0 Å². The van der Waals surface area contributed by atoms with Crippen LogP contribution in [0.25, 0.3) is 20.8 Å². The van der Waals surface area contributed by atoms with Gasteiger partial charge in [0.05, 0.1) is 16.8 Å². The van der Waals surface area contributed by atoms with E-state index in [1.165, 1.54) is 10.3 Å². The smallest absolute Gasteiger partial charge is 0.243 e. The van der Waals surface area contributed by atoms with Gasteiger partial charge in [0.1, 0.15) is 5.01 Å². The molecule has 0 unspecified atom stereocenters. The van der Waals surface area contributed by atoms with Crippen molar-refractivity contribution in [1.29, 1.82) is 0 Å². The van der Waals surface area contributed by atoms with E-state index in [4.69, 9.17) is 0 Å². The van der Waals surface area contributed by atoms with Crippen LogP contribution in [0.15, 0.2) is 72.8 Å². The molecule has 134 valence electrons. The van der Waals surface area contributed by atoms with Gasteiger partial charge in [-0.05, 0) is 55.5 Å². The molecule has 0 bridgehead atoms. The molecule has 0 atom stereocenters. The molecule has 1 heterocycles. The van der Waals surface area contributed by atoms with Crippen LogP contribution in [-0.4, -0.2) is 17.4 Å². The summed E-state index contributed by atoms with van der Waals surface area (Å²) in [6.45, 7) is 2.26. The minimum Gasteiger partial charge on any atom is -0.376 e. The molecule has 4 nitrogen and oxygen atoms in total. The molecule has 0 aliphatic carbocycles. The molecule has 1 amide bonds. The molecule has 0 saturated carbocycles. The van der Waals surface area contributed by atoms with Crippen LogP contribution in [0.2, 0.25) is 0 Å². The zero-order valence-electron chi connectivity index (χ0n) is 14.9. The second-order valence-electron chi connectivity index (χ2n) is 6.33. The van der Waals surface area contributed by atoms with Crippen LogP contribution < -0.4 is 10.6 Å². The maximum absolute atomic E-state index is 12.1. The third-order valence-corrected chi connectivity index (χ3v) is 5.30. The van der Waals surface area contributed by atoms with Crippen LogP contribution in [0.1, 0.15) is 5.56 Å². The number of fused-ring (bicyclic) bond motifs is 1. The van der Waals surface area contributed by atoms with Gasteiger partial charge in [-0.1, -0.05) is 29.8 Å². The fourth-order valence-electron chi connectivity index (χ4n) is 2.75. The lowest BCUT2D eigenvalue weighted by Crippen LogP contribution is -2.21. The minimum absolute atomic E-state index is 0.0803. The van der Waals surface area contributed by atoms with Crippen LogP contribution in [-0.2, 0) is 4.79 Å². The number of rotatable bonds is 5. The molecule has 27 heavy (non-hydrogen) atoms. The van der Waals surface area contributed by atoms with Gasteiger partial charge in [0, 0.05) is 16.9 Å². The number of para-hydroxylation sites is 1. The van der Waals surface area contributed by atoms with Gasteiger partial charge in [0.2, 0.25) is 5.91 Å². The fraction of sp³-hybridized carbons (Fsp3) is 0.0909. The Balaban J connectivity index is 1.38. The Labute approximate surface area is 161 Å². The van der Waals surface area contributed by atoms with Gasteiger partial charge in [-0.3, -0.25) is 4.79 Å². The number of amides is 1. The summed E-state index contributed by atoms with van der Waals surface area (Å²) < 4.78 is 1.17. The van der Waals surface area contributed by atoms with Crippen molar-refractivity contribution in [2.75, 3.05) is 17.2 Å². The number of aromatic nitrogens is 1. The van der Waals surface area contributed by atoms with Crippen LogP contribution in [0.5, 0.6) is 0 Å². The fourth-order valence-corrected chi connectivity index (χ4v) is 3.72. The van der Waals surface area contributed by atoms with E-state index >= 15 is 0 Å². The Morgan fingerprint density at radius 3 is 2.37 bits per heavy atom. The van der Waals surface area contributed by atoms with E-state index in [9.17, 15) is 4.79 Å². The van der Waals surface area contributed by atoms with E-state index in [1.54, 1.807) is 11.3 Å². The maximum atomic E-state index is 12.1. The molecule has 0 spiro atoms. The van der Waals surface area contributed by atoms with E-state index in [0.717, 1.165) is 27.5 Å². The van der Waals surface area contributed by atoms with Gasteiger partial charge in [-0.25, -0.2) is 4.98 Å². The number of hydrogen-bond acceptors (Lipinski definition) is 4. The number of aryl methyl sites for hydroxylation is 1. The molecule has 3 aromatic carbocycles. The van der Waals surface area contributed by atoms with E-state index in [-0.39, 0.29) is 12.5 Å². The quantitative estimate of drug-likeness (QED) is 0.498. The Morgan fingerprint density at radius 1 is 0.926 bits per heavy atom. The lowest BCUT2D eigenvalue weighted by molar-refractivity contribution is -0.114. The first kappa shape index (κ1) is 17.2. The first-order valence-corrected chi connectivity index (χ1v) is 9.55. The lowest BCUT2D eigenvalue weighted by Gasteiger charge is -2.08. The molecule has 0 radical (unpaired) electrons. The molecule has 0 fully saturated rings. The van der Waals surface area contributed by atoms with E-state index in [1.807, 2.05) is 73.7 Å². The SMILES string of the molecule is Cc1ccc(NCC(=O)Nc2ccc(-c3nc4ccccc4s3)cc2)cc1. The summed E-state index contributed by atoms with van der Waals surface area (Å²) in [5.41, 5.74) is 4.96. The van der Waals surface area contributed by atoms with Crippen molar-refractivity contribution in [3.05, 3.63) is 78.4 Å². The summed E-state index contributed by atoms with van der Waals surface area (Å²) in [6.07, 6.45) is 0. The number of carbonyl (C=O) groups is 1. The summed E-state index contributed by atoms with van der Waals surface area (Å²) in [4.78, 5) is 16.8. The topological polar surface area (TPSA) is 54.0 Å². The van der Waals surface area contributed by atoms with Gasteiger partial charge >= 0.3 is 0 Å². The molecular weight excluding hydrogens is 354 g/mol. The zero-order chi connectivity index (χ0) is 18.6. The largest absolute Gasteiger partial charge is 0.376 e. The number of nitrogens with zero attached hydrogens (tertiary/aromatic N) is 1. The van der Waals surface area contributed by atoms with Crippen molar-refractivity contribution >= 4 is 38.8 Å². The van der Waals surface area contributed by atoms with Crippen molar-refractivity contribution in [2.45, 2.75) is 6.92 Å². The zero-order valence-corrected chi connectivity index (χ0v) is 15.7. The van der Waals surface area contributed by atoms with Gasteiger partial charge in [-0.2, -0.15) is 0 Å². The Kier molecular flexibility index (Phi) is 4.85. The third-order valence-electron chi connectivity index (χ3n) is 4.21. The normalized spacial score (nSPS) is 10.7. The number of hydrogen-bond donors (Lipinski definition) is 2. The number of benzene rings is 3.